The summed E-state index contributed by atoms with van der Waals surface area (Å²) < 4.78 is 0. The Labute approximate surface area is 156 Å². The maximum atomic E-state index is 12.5. The van der Waals surface area contributed by atoms with Crippen molar-refractivity contribution >= 4 is 5.91 Å². The van der Waals surface area contributed by atoms with Crippen LogP contribution < -0.4 is 5.32 Å². The van der Waals surface area contributed by atoms with Gasteiger partial charge in [0.2, 0.25) is 5.91 Å². The Kier molecular flexibility index (Phi) is 6.79. The first kappa shape index (κ1) is 19.5. The largest absolute Gasteiger partial charge is 0.513 e. The molecule has 0 unspecified atom stereocenters. The first-order valence-electron chi connectivity index (χ1n) is 8.84. The van der Waals surface area contributed by atoms with Gasteiger partial charge in [-0.05, 0) is 54.5 Å². The zero-order chi connectivity index (χ0) is 19.1. The third kappa shape index (κ3) is 5.35. The summed E-state index contributed by atoms with van der Waals surface area (Å²) >= 11 is 0. The predicted molar refractivity (Wildman–Crippen MR) is 108 cm³/mol. The predicted octanol–water partition coefficient (Wildman–Crippen LogP) is 5.14. The number of aliphatic hydroxyl groups is 1. The molecule has 0 aliphatic heterocycles. The molecular formula is C23H27NO2. The van der Waals surface area contributed by atoms with Crippen LogP contribution in [0.4, 0.5) is 0 Å². The highest BCUT2D eigenvalue weighted by molar-refractivity contribution is 5.94. The number of rotatable bonds is 7. The average molecular weight is 349 g/mol. The van der Waals surface area contributed by atoms with Crippen LogP contribution in [0.2, 0.25) is 0 Å². The van der Waals surface area contributed by atoms with E-state index in [1.807, 2.05) is 30.4 Å². The molecule has 2 rings (SSSR count). The van der Waals surface area contributed by atoms with E-state index < -0.39 is 0 Å². The van der Waals surface area contributed by atoms with Crippen LogP contribution in [-0.2, 0) is 11.3 Å². The number of hydrogen-bond donors (Lipinski definition) is 2. The van der Waals surface area contributed by atoms with E-state index in [1.165, 1.54) is 16.7 Å². The van der Waals surface area contributed by atoms with E-state index in [0.717, 1.165) is 16.7 Å². The average Bonchev–Trinajstić information content (AvgIpc) is 2.85. The smallest absolute Gasteiger partial charge is 0.247 e. The number of aryl methyl sites for hydroxylation is 2. The van der Waals surface area contributed by atoms with Crippen LogP contribution in [0.1, 0.15) is 36.0 Å². The number of allylic oxidation sites excluding steroid dienone is 7. The summed E-state index contributed by atoms with van der Waals surface area (Å²) in [6, 6.07) is 6.15. The van der Waals surface area contributed by atoms with Gasteiger partial charge < -0.3 is 10.4 Å². The highest BCUT2D eigenvalue weighted by Gasteiger charge is 2.12. The molecule has 26 heavy (non-hydrogen) atoms. The Hall–Kier alpha value is -2.81. The molecule has 2 N–H and O–H groups in total. The van der Waals surface area contributed by atoms with Crippen LogP contribution >= 0.6 is 0 Å². The summed E-state index contributed by atoms with van der Waals surface area (Å²) in [6.07, 6.45) is 9.40. The summed E-state index contributed by atoms with van der Waals surface area (Å²) in [7, 11) is 0. The maximum absolute atomic E-state index is 12.5. The number of nitrogens with one attached hydrogen (secondary N) is 1. The lowest BCUT2D eigenvalue weighted by Crippen LogP contribution is -2.25. The number of benzene rings is 1. The van der Waals surface area contributed by atoms with Crippen LogP contribution in [0.5, 0.6) is 0 Å². The summed E-state index contributed by atoms with van der Waals surface area (Å²) in [6.45, 7) is 12.2. The molecule has 136 valence electrons. The van der Waals surface area contributed by atoms with Crippen LogP contribution in [0.15, 0.2) is 78.1 Å². The maximum Gasteiger partial charge on any atom is 0.247 e. The molecule has 1 aromatic carbocycles. The van der Waals surface area contributed by atoms with Crippen molar-refractivity contribution in [1.29, 1.82) is 0 Å². The monoisotopic (exact) mass is 349 g/mol. The molecule has 1 amide bonds. The van der Waals surface area contributed by atoms with E-state index >= 15 is 0 Å². The van der Waals surface area contributed by atoms with Crippen molar-refractivity contribution in [3.8, 4) is 0 Å². The Morgan fingerprint density at radius 1 is 1.19 bits per heavy atom. The van der Waals surface area contributed by atoms with Crippen molar-refractivity contribution < 1.29 is 9.90 Å². The molecule has 1 aromatic rings. The molecule has 3 heteroatoms. The fraction of sp³-hybridized carbons (Fsp3) is 0.261. The van der Waals surface area contributed by atoms with Crippen molar-refractivity contribution in [2.75, 3.05) is 0 Å². The lowest BCUT2D eigenvalue weighted by Gasteiger charge is -2.12. The van der Waals surface area contributed by atoms with Crippen molar-refractivity contribution in [2.24, 2.45) is 0 Å². The minimum atomic E-state index is -0.0517. The summed E-state index contributed by atoms with van der Waals surface area (Å²) in [5, 5.41) is 12.3. The Bertz CT molecular complexity index is 789. The van der Waals surface area contributed by atoms with Gasteiger partial charge in [-0.25, -0.2) is 0 Å². The van der Waals surface area contributed by atoms with Gasteiger partial charge in [0.25, 0.3) is 0 Å². The van der Waals surface area contributed by atoms with Gasteiger partial charge in [0.15, 0.2) is 0 Å². The summed E-state index contributed by atoms with van der Waals surface area (Å²) in [5.74, 6) is 0.109. The summed E-state index contributed by atoms with van der Waals surface area (Å²) in [4.78, 5) is 12.5. The van der Waals surface area contributed by atoms with E-state index in [9.17, 15) is 9.90 Å². The van der Waals surface area contributed by atoms with E-state index in [1.54, 1.807) is 0 Å². The van der Waals surface area contributed by atoms with Crippen LogP contribution in [0.3, 0.4) is 0 Å². The van der Waals surface area contributed by atoms with Gasteiger partial charge in [-0.1, -0.05) is 55.7 Å². The lowest BCUT2D eigenvalue weighted by atomic mass is 10.0. The standard InChI is InChI=1S/C23H27NO2/c1-16(11-12-19(4)25)20-9-6-10-21(14-13-20)23(26)24-15-22-17(2)7-5-8-18(22)3/h5-10,13,25H,1,4,11-12,14-15H2,2-3H3,(H,24,26). The van der Waals surface area contributed by atoms with Gasteiger partial charge in [-0.3, -0.25) is 4.79 Å². The molecule has 0 fully saturated rings. The normalized spacial score (nSPS) is 13.5. The molecule has 0 saturated heterocycles. The molecule has 3 nitrogen and oxygen atoms in total. The van der Waals surface area contributed by atoms with Gasteiger partial charge in [0, 0.05) is 18.5 Å². The quantitative estimate of drug-likeness (QED) is 0.670. The van der Waals surface area contributed by atoms with E-state index in [0.29, 0.717) is 25.8 Å². The molecule has 1 aliphatic rings. The van der Waals surface area contributed by atoms with Gasteiger partial charge in [0.05, 0.1) is 5.76 Å². The Morgan fingerprint density at radius 2 is 1.88 bits per heavy atom. The van der Waals surface area contributed by atoms with Crippen LogP contribution in [0, 0.1) is 13.8 Å². The molecule has 0 bridgehead atoms. The number of aliphatic hydroxyl groups excluding tert-OH is 1. The molecule has 0 aromatic heterocycles. The molecule has 0 spiro atoms. The first-order chi connectivity index (χ1) is 12.4. The van der Waals surface area contributed by atoms with Crippen molar-refractivity contribution in [1.82, 2.24) is 5.32 Å². The Morgan fingerprint density at radius 3 is 2.54 bits per heavy atom. The van der Waals surface area contributed by atoms with E-state index in [4.69, 9.17) is 0 Å². The molecule has 0 heterocycles. The van der Waals surface area contributed by atoms with Gasteiger partial charge >= 0.3 is 0 Å². The Balaban J connectivity index is 1.97. The molecule has 0 radical (unpaired) electrons. The van der Waals surface area contributed by atoms with Crippen molar-refractivity contribution in [3.63, 3.8) is 0 Å². The minimum absolute atomic E-state index is 0.0517. The van der Waals surface area contributed by atoms with Gasteiger partial charge in [-0.15, -0.1) is 0 Å². The number of hydrogen-bond acceptors (Lipinski definition) is 2. The van der Waals surface area contributed by atoms with Crippen LogP contribution in [0.25, 0.3) is 0 Å². The SMILES string of the molecule is C=C(O)CCC(=C)C1=CCC(C(=O)NCc2c(C)cccc2C)=CC=C1. The third-order valence-electron chi connectivity index (χ3n) is 4.60. The van der Waals surface area contributed by atoms with E-state index in [-0.39, 0.29) is 11.7 Å². The van der Waals surface area contributed by atoms with Gasteiger partial charge in [-0.2, -0.15) is 0 Å². The van der Waals surface area contributed by atoms with E-state index in [2.05, 4.69) is 44.5 Å². The zero-order valence-corrected chi connectivity index (χ0v) is 15.6. The molecule has 0 atom stereocenters. The fourth-order valence-corrected chi connectivity index (χ4v) is 2.90. The third-order valence-corrected chi connectivity index (χ3v) is 4.60. The van der Waals surface area contributed by atoms with Crippen molar-refractivity contribution in [2.45, 2.75) is 39.7 Å². The fourth-order valence-electron chi connectivity index (χ4n) is 2.90. The second-order valence-electron chi connectivity index (χ2n) is 6.64. The second-order valence-corrected chi connectivity index (χ2v) is 6.64. The lowest BCUT2D eigenvalue weighted by molar-refractivity contribution is -0.117. The molecular weight excluding hydrogens is 322 g/mol. The first-order valence-corrected chi connectivity index (χ1v) is 8.84. The highest BCUT2D eigenvalue weighted by Crippen LogP contribution is 2.22. The minimum Gasteiger partial charge on any atom is -0.513 e. The highest BCUT2D eigenvalue weighted by atomic mass is 16.3. The van der Waals surface area contributed by atoms with Crippen molar-refractivity contribution in [3.05, 3.63) is 94.8 Å². The van der Waals surface area contributed by atoms with Gasteiger partial charge in [0.1, 0.15) is 0 Å². The number of carbonyl (C=O) groups is 1. The molecule has 0 saturated carbocycles. The summed E-state index contributed by atoms with van der Waals surface area (Å²) in [5.41, 5.74) is 6.19. The number of carbonyl (C=O) groups excluding carboxylic acids is 1. The zero-order valence-electron chi connectivity index (χ0n) is 15.6. The number of amides is 1. The second kappa shape index (κ2) is 9.04. The van der Waals surface area contributed by atoms with Crippen LogP contribution in [-0.4, -0.2) is 11.0 Å². The molecule has 1 aliphatic carbocycles. The topological polar surface area (TPSA) is 49.3 Å².